The number of pyridine rings is 1. The summed E-state index contributed by atoms with van der Waals surface area (Å²) in [4.78, 5) is 49.4. The molecule has 39 heavy (non-hydrogen) atoms. The maximum absolute atomic E-state index is 14.2. The summed E-state index contributed by atoms with van der Waals surface area (Å²) in [7, 11) is 1.31. The van der Waals surface area contributed by atoms with E-state index in [4.69, 9.17) is 4.74 Å². The Labute approximate surface area is 227 Å². The minimum atomic E-state index is -0.958. The van der Waals surface area contributed by atoms with Gasteiger partial charge in [0, 0.05) is 41.2 Å². The van der Waals surface area contributed by atoms with E-state index in [1.165, 1.54) is 12.0 Å². The molecule has 1 fully saturated rings. The largest absolute Gasteiger partial charge is 0.465 e. The second-order valence-electron chi connectivity index (χ2n) is 9.87. The number of methoxy groups -OCH3 is 1. The molecule has 4 aromatic rings. The second-order valence-corrected chi connectivity index (χ2v) is 9.87. The molecule has 2 heterocycles. The third-order valence-electron chi connectivity index (χ3n) is 7.31. The van der Waals surface area contributed by atoms with Crippen LogP contribution in [0.15, 0.2) is 79.3 Å². The zero-order valence-electron chi connectivity index (χ0n) is 21.9. The molecule has 2 aromatic carbocycles. The molecular formula is C31H32N4O4. The summed E-state index contributed by atoms with van der Waals surface area (Å²) in [5.41, 5.74) is 3.12. The lowest BCUT2D eigenvalue weighted by Crippen LogP contribution is -2.47. The molecule has 2 amide bonds. The molecule has 0 saturated heterocycles. The number of H-pyrrole nitrogens is 1. The van der Waals surface area contributed by atoms with Gasteiger partial charge in [-0.2, -0.15) is 0 Å². The van der Waals surface area contributed by atoms with E-state index in [0.29, 0.717) is 16.8 Å². The summed E-state index contributed by atoms with van der Waals surface area (Å²) >= 11 is 0. The van der Waals surface area contributed by atoms with Crippen LogP contribution in [0.1, 0.15) is 59.6 Å². The third-order valence-corrected chi connectivity index (χ3v) is 7.31. The van der Waals surface area contributed by atoms with Gasteiger partial charge in [0.25, 0.3) is 0 Å². The van der Waals surface area contributed by atoms with E-state index in [-0.39, 0.29) is 24.3 Å². The van der Waals surface area contributed by atoms with E-state index in [9.17, 15) is 14.4 Å². The number of ether oxygens (including phenoxy) is 1. The number of rotatable bonds is 8. The van der Waals surface area contributed by atoms with Crippen LogP contribution < -0.4 is 10.2 Å². The lowest BCUT2D eigenvalue weighted by atomic mass is 9.94. The Hall–Kier alpha value is -4.46. The Morgan fingerprint density at radius 3 is 2.56 bits per heavy atom. The number of fused-ring (bicyclic) bond motifs is 1. The first-order chi connectivity index (χ1) is 19.0. The number of carbonyl (C=O) groups is 3. The number of para-hydroxylation sites is 1. The van der Waals surface area contributed by atoms with E-state index >= 15 is 0 Å². The fraction of sp³-hybridized carbons (Fsp3) is 0.290. The SMILES string of the molecule is COC(=O)c1cccc(N(C(=O)Cc2c[nH]c3ccccc23)[C@@H](C(=O)NC2CCCCC2)c2ccncc2)c1. The predicted octanol–water partition coefficient (Wildman–Crippen LogP) is 5.12. The Bertz CT molecular complexity index is 1460. The van der Waals surface area contributed by atoms with E-state index in [2.05, 4.69) is 15.3 Å². The fourth-order valence-electron chi connectivity index (χ4n) is 5.35. The van der Waals surface area contributed by atoms with Gasteiger partial charge >= 0.3 is 5.97 Å². The molecular weight excluding hydrogens is 492 g/mol. The molecule has 1 saturated carbocycles. The molecule has 2 N–H and O–H groups in total. The Morgan fingerprint density at radius 1 is 1.03 bits per heavy atom. The molecule has 8 heteroatoms. The summed E-state index contributed by atoms with van der Waals surface area (Å²) in [5, 5.41) is 4.15. The van der Waals surface area contributed by atoms with Crippen LogP contribution in [0.25, 0.3) is 10.9 Å². The van der Waals surface area contributed by atoms with E-state index in [1.54, 1.807) is 48.8 Å². The van der Waals surface area contributed by atoms with Crippen molar-refractivity contribution in [2.75, 3.05) is 12.0 Å². The highest BCUT2D eigenvalue weighted by Gasteiger charge is 2.34. The molecule has 8 nitrogen and oxygen atoms in total. The number of aromatic nitrogens is 2. The highest BCUT2D eigenvalue weighted by Crippen LogP contribution is 2.31. The van der Waals surface area contributed by atoms with Crippen molar-refractivity contribution in [3.8, 4) is 0 Å². The number of hydrogen-bond acceptors (Lipinski definition) is 5. The Balaban J connectivity index is 1.58. The number of nitrogens with one attached hydrogen (secondary N) is 2. The summed E-state index contributed by atoms with van der Waals surface area (Å²) in [5.74, 6) is -1.06. The standard InChI is InChI=1S/C31H32N4O4/c1-39-31(38)22-8-7-11-25(18-22)35(28(36)19-23-20-33-27-13-6-5-12-26(23)27)29(21-14-16-32-17-15-21)30(37)34-24-9-3-2-4-10-24/h5-8,11-18,20,24,29,33H,2-4,9-10,19H2,1H3,(H,34,37)/t29-/m1/s1. The smallest absolute Gasteiger partial charge is 0.337 e. The van der Waals surface area contributed by atoms with Gasteiger partial charge in [-0.15, -0.1) is 0 Å². The third kappa shape index (κ3) is 5.85. The summed E-state index contributed by atoms with van der Waals surface area (Å²) in [6, 6.07) is 17.0. The van der Waals surface area contributed by atoms with Gasteiger partial charge in [-0.05, 0) is 60.4 Å². The summed E-state index contributed by atoms with van der Waals surface area (Å²) < 4.78 is 4.92. The molecule has 0 bridgehead atoms. The van der Waals surface area contributed by atoms with Gasteiger partial charge in [0.15, 0.2) is 0 Å². The predicted molar refractivity (Wildman–Crippen MR) is 149 cm³/mol. The van der Waals surface area contributed by atoms with Crippen molar-refractivity contribution in [2.24, 2.45) is 0 Å². The number of esters is 1. The minimum Gasteiger partial charge on any atom is -0.465 e. The van der Waals surface area contributed by atoms with Crippen LogP contribution in [0.4, 0.5) is 5.69 Å². The van der Waals surface area contributed by atoms with Gasteiger partial charge in [0.1, 0.15) is 6.04 Å². The van der Waals surface area contributed by atoms with E-state index < -0.39 is 12.0 Å². The summed E-state index contributed by atoms with van der Waals surface area (Å²) in [6.45, 7) is 0. The normalized spacial score (nSPS) is 14.5. The number of carbonyl (C=O) groups excluding carboxylic acids is 3. The number of benzene rings is 2. The van der Waals surface area contributed by atoms with Gasteiger partial charge in [-0.3, -0.25) is 19.5 Å². The molecule has 0 spiro atoms. The highest BCUT2D eigenvalue weighted by atomic mass is 16.5. The van der Waals surface area contributed by atoms with Crippen LogP contribution in [0.2, 0.25) is 0 Å². The van der Waals surface area contributed by atoms with Crippen LogP contribution in [-0.2, 0) is 20.7 Å². The number of anilines is 1. The van der Waals surface area contributed by atoms with Crippen molar-refractivity contribution < 1.29 is 19.1 Å². The Kier molecular flexibility index (Phi) is 8.01. The molecule has 0 unspecified atom stereocenters. The fourth-order valence-corrected chi connectivity index (χ4v) is 5.35. The van der Waals surface area contributed by atoms with Gasteiger partial charge in [0.05, 0.1) is 19.1 Å². The summed E-state index contributed by atoms with van der Waals surface area (Å²) in [6.07, 6.45) is 10.2. The van der Waals surface area contributed by atoms with Crippen LogP contribution >= 0.6 is 0 Å². The molecule has 200 valence electrons. The molecule has 5 rings (SSSR count). The average Bonchev–Trinajstić information content (AvgIpc) is 3.38. The van der Waals surface area contributed by atoms with Gasteiger partial charge in [0.2, 0.25) is 11.8 Å². The molecule has 1 aliphatic rings. The van der Waals surface area contributed by atoms with Crippen molar-refractivity contribution in [1.29, 1.82) is 0 Å². The van der Waals surface area contributed by atoms with Gasteiger partial charge < -0.3 is 15.0 Å². The zero-order chi connectivity index (χ0) is 27.2. The zero-order valence-corrected chi connectivity index (χ0v) is 21.9. The maximum Gasteiger partial charge on any atom is 0.337 e. The van der Waals surface area contributed by atoms with Crippen molar-refractivity contribution in [1.82, 2.24) is 15.3 Å². The maximum atomic E-state index is 14.2. The molecule has 1 aliphatic carbocycles. The van der Waals surface area contributed by atoms with Gasteiger partial charge in [-0.1, -0.05) is 43.5 Å². The molecule has 0 aliphatic heterocycles. The Morgan fingerprint density at radius 2 is 1.79 bits per heavy atom. The number of hydrogen-bond donors (Lipinski definition) is 2. The van der Waals surface area contributed by atoms with Crippen molar-refractivity contribution >= 4 is 34.4 Å². The van der Waals surface area contributed by atoms with Crippen molar-refractivity contribution in [2.45, 2.75) is 50.6 Å². The topological polar surface area (TPSA) is 104 Å². The minimum absolute atomic E-state index is 0.0579. The number of amides is 2. The van der Waals surface area contributed by atoms with E-state index in [0.717, 1.165) is 48.6 Å². The first kappa shape index (κ1) is 26.2. The van der Waals surface area contributed by atoms with Gasteiger partial charge in [-0.25, -0.2) is 4.79 Å². The molecule has 1 atom stereocenters. The quantitative estimate of drug-likeness (QED) is 0.312. The first-order valence-electron chi connectivity index (χ1n) is 13.3. The van der Waals surface area contributed by atoms with Crippen LogP contribution in [0, 0.1) is 0 Å². The number of aromatic amines is 1. The van der Waals surface area contributed by atoms with Crippen molar-refractivity contribution in [3.63, 3.8) is 0 Å². The van der Waals surface area contributed by atoms with E-state index in [1.807, 2.05) is 30.5 Å². The van der Waals surface area contributed by atoms with Crippen LogP contribution in [-0.4, -0.2) is 40.9 Å². The van der Waals surface area contributed by atoms with Crippen LogP contribution in [0.5, 0.6) is 0 Å². The van der Waals surface area contributed by atoms with Crippen LogP contribution in [0.3, 0.4) is 0 Å². The number of nitrogens with zero attached hydrogens (tertiary/aromatic N) is 2. The lowest BCUT2D eigenvalue weighted by Gasteiger charge is -2.33. The average molecular weight is 525 g/mol. The molecule has 0 radical (unpaired) electrons. The molecule has 2 aromatic heterocycles. The monoisotopic (exact) mass is 524 g/mol. The first-order valence-corrected chi connectivity index (χ1v) is 13.3. The second kappa shape index (κ2) is 11.9. The lowest BCUT2D eigenvalue weighted by molar-refractivity contribution is -0.127. The van der Waals surface area contributed by atoms with Crippen molar-refractivity contribution in [3.05, 3.63) is 95.9 Å². The highest BCUT2D eigenvalue weighted by molar-refractivity contribution is 6.04.